The first kappa shape index (κ1) is 13.6. The van der Waals surface area contributed by atoms with E-state index in [2.05, 4.69) is 38.5 Å². The number of hydrogen-bond acceptors (Lipinski definition) is 4. The Labute approximate surface area is 134 Å². The van der Waals surface area contributed by atoms with Gasteiger partial charge in [0.1, 0.15) is 12.1 Å². The molecule has 4 heteroatoms. The molecule has 0 aliphatic carbocycles. The summed E-state index contributed by atoms with van der Waals surface area (Å²) in [5.41, 5.74) is 3.29. The molecule has 2 heterocycles. The Kier molecular flexibility index (Phi) is 3.56. The van der Waals surface area contributed by atoms with Crippen LogP contribution in [0.1, 0.15) is 5.56 Å². The van der Waals surface area contributed by atoms with Crippen LogP contribution in [-0.2, 0) is 6.42 Å². The fourth-order valence-corrected chi connectivity index (χ4v) is 2.83. The van der Waals surface area contributed by atoms with Gasteiger partial charge in [-0.2, -0.15) is 0 Å². The van der Waals surface area contributed by atoms with Gasteiger partial charge in [-0.15, -0.1) is 0 Å². The second-order valence-corrected chi connectivity index (χ2v) is 5.40. The average molecular weight is 300 g/mol. The number of benzene rings is 2. The predicted molar refractivity (Wildman–Crippen MR) is 93.5 cm³/mol. The molecule has 0 spiro atoms. The molecule has 0 atom stereocenters. The molecule has 4 aromatic rings. The summed E-state index contributed by atoms with van der Waals surface area (Å²) < 4.78 is 0. The van der Waals surface area contributed by atoms with Crippen LogP contribution in [0.2, 0.25) is 0 Å². The molecule has 23 heavy (non-hydrogen) atoms. The summed E-state index contributed by atoms with van der Waals surface area (Å²) in [6, 6.07) is 18.4. The fourth-order valence-electron chi connectivity index (χ4n) is 2.83. The summed E-state index contributed by atoms with van der Waals surface area (Å²) in [4.78, 5) is 13.1. The van der Waals surface area contributed by atoms with Crippen molar-refractivity contribution in [3.63, 3.8) is 0 Å². The predicted octanol–water partition coefficient (Wildman–Crippen LogP) is 3.83. The molecule has 2 aromatic heterocycles. The number of pyridine rings is 1. The van der Waals surface area contributed by atoms with E-state index in [1.165, 1.54) is 10.9 Å². The highest BCUT2D eigenvalue weighted by Crippen LogP contribution is 2.19. The van der Waals surface area contributed by atoms with Crippen molar-refractivity contribution < 1.29 is 0 Å². The SMILES string of the molecule is c1ccc2c(CCNc3ncnc4ccccc34)ccnc2c1. The van der Waals surface area contributed by atoms with E-state index >= 15 is 0 Å². The molecule has 0 saturated carbocycles. The van der Waals surface area contributed by atoms with Crippen molar-refractivity contribution in [3.8, 4) is 0 Å². The molecule has 4 rings (SSSR count). The average Bonchev–Trinajstić information content (AvgIpc) is 2.62. The first-order valence-corrected chi connectivity index (χ1v) is 7.68. The van der Waals surface area contributed by atoms with E-state index in [1.54, 1.807) is 6.33 Å². The highest BCUT2D eigenvalue weighted by atomic mass is 15.0. The summed E-state index contributed by atoms with van der Waals surface area (Å²) in [7, 11) is 0. The molecule has 0 radical (unpaired) electrons. The molecule has 0 unspecified atom stereocenters. The minimum absolute atomic E-state index is 0.814. The number of rotatable bonds is 4. The molecule has 4 nitrogen and oxygen atoms in total. The maximum absolute atomic E-state index is 4.41. The standard InChI is InChI=1S/C19H16N4/c1-3-7-17-15(5-1)14(9-11-20-17)10-12-21-19-16-6-2-4-8-18(16)22-13-23-19/h1-9,11,13H,10,12H2,(H,21,22,23). The van der Waals surface area contributed by atoms with Crippen LogP contribution < -0.4 is 5.32 Å². The maximum atomic E-state index is 4.41. The third-order valence-corrected chi connectivity index (χ3v) is 3.97. The van der Waals surface area contributed by atoms with E-state index in [1.807, 2.05) is 42.6 Å². The van der Waals surface area contributed by atoms with Crippen molar-refractivity contribution in [2.75, 3.05) is 11.9 Å². The van der Waals surface area contributed by atoms with E-state index in [-0.39, 0.29) is 0 Å². The van der Waals surface area contributed by atoms with Gasteiger partial charge >= 0.3 is 0 Å². The zero-order valence-corrected chi connectivity index (χ0v) is 12.6. The summed E-state index contributed by atoms with van der Waals surface area (Å²) in [5.74, 6) is 0.883. The molecule has 0 saturated heterocycles. The zero-order chi connectivity index (χ0) is 15.5. The molecule has 0 aliphatic heterocycles. The Morgan fingerprint density at radius 2 is 1.48 bits per heavy atom. The van der Waals surface area contributed by atoms with Crippen LogP contribution in [0.5, 0.6) is 0 Å². The molecule has 1 N–H and O–H groups in total. The summed E-state index contributed by atoms with van der Waals surface area (Å²) >= 11 is 0. The molecule has 0 aliphatic rings. The van der Waals surface area contributed by atoms with Crippen LogP contribution in [0.15, 0.2) is 67.1 Å². The highest BCUT2D eigenvalue weighted by Gasteiger charge is 2.04. The normalized spacial score (nSPS) is 11.0. The van der Waals surface area contributed by atoms with Crippen molar-refractivity contribution in [3.05, 3.63) is 72.7 Å². The molecule has 0 amide bonds. The Balaban J connectivity index is 1.55. The van der Waals surface area contributed by atoms with Gasteiger partial charge in [0.2, 0.25) is 0 Å². The van der Waals surface area contributed by atoms with E-state index < -0.39 is 0 Å². The molecule has 0 bridgehead atoms. The van der Waals surface area contributed by atoms with Gasteiger partial charge in [0.25, 0.3) is 0 Å². The monoisotopic (exact) mass is 300 g/mol. The van der Waals surface area contributed by atoms with Crippen LogP contribution in [-0.4, -0.2) is 21.5 Å². The third kappa shape index (κ3) is 2.71. The van der Waals surface area contributed by atoms with E-state index in [4.69, 9.17) is 0 Å². The lowest BCUT2D eigenvalue weighted by Gasteiger charge is -2.09. The zero-order valence-electron chi connectivity index (χ0n) is 12.6. The van der Waals surface area contributed by atoms with Crippen molar-refractivity contribution in [1.29, 1.82) is 0 Å². The lowest BCUT2D eigenvalue weighted by molar-refractivity contribution is 1.01. The second-order valence-electron chi connectivity index (χ2n) is 5.40. The van der Waals surface area contributed by atoms with E-state index in [0.717, 1.165) is 35.2 Å². The maximum Gasteiger partial charge on any atom is 0.137 e. The number of anilines is 1. The van der Waals surface area contributed by atoms with Crippen LogP contribution >= 0.6 is 0 Å². The Bertz CT molecular complexity index is 875. The van der Waals surface area contributed by atoms with Crippen LogP contribution in [0, 0.1) is 0 Å². The van der Waals surface area contributed by atoms with Gasteiger partial charge in [-0.25, -0.2) is 9.97 Å². The summed E-state index contributed by atoms with van der Waals surface area (Å²) in [5, 5.41) is 5.69. The highest BCUT2D eigenvalue weighted by molar-refractivity contribution is 5.88. The smallest absolute Gasteiger partial charge is 0.137 e. The van der Waals surface area contributed by atoms with Gasteiger partial charge in [-0.05, 0) is 36.2 Å². The van der Waals surface area contributed by atoms with Gasteiger partial charge in [-0.1, -0.05) is 30.3 Å². The number of hydrogen-bond donors (Lipinski definition) is 1. The lowest BCUT2D eigenvalue weighted by atomic mass is 10.1. The van der Waals surface area contributed by atoms with Crippen molar-refractivity contribution in [2.24, 2.45) is 0 Å². The molecule has 0 fully saturated rings. The number of nitrogens with one attached hydrogen (secondary N) is 1. The van der Waals surface area contributed by atoms with Crippen LogP contribution in [0.4, 0.5) is 5.82 Å². The minimum atomic E-state index is 0.814. The second kappa shape index (κ2) is 6.01. The van der Waals surface area contributed by atoms with Crippen molar-refractivity contribution in [1.82, 2.24) is 15.0 Å². The number of aromatic nitrogens is 3. The summed E-state index contributed by atoms with van der Waals surface area (Å²) in [6.07, 6.45) is 4.39. The van der Waals surface area contributed by atoms with Gasteiger partial charge in [0, 0.05) is 23.5 Å². The molecule has 2 aromatic carbocycles. The van der Waals surface area contributed by atoms with Gasteiger partial charge < -0.3 is 5.32 Å². The first-order chi connectivity index (χ1) is 11.4. The fraction of sp³-hybridized carbons (Fsp3) is 0.105. The van der Waals surface area contributed by atoms with Gasteiger partial charge in [-0.3, -0.25) is 4.98 Å². The number of fused-ring (bicyclic) bond motifs is 2. The Morgan fingerprint density at radius 3 is 2.35 bits per heavy atom. The van der Waals surface area contributed by atoms with E-state index in [0.29, 0.717) is 0 Å². The van der Waals surface area contributed by atoms with Crippen molar-refractivity contribution >= 4 is 27.6 Å². The van der Waals surface area contributed by atoms with E-state index in [9.17, 15) is 0 Å². The number of nitrogens with zero attached hydrogens (tertiary/aromatic N) is 3. The van der Waals surface area contributed by atoms with Crippen LogP contribution in [0.25, 0.3) is 21.8 Å². The quantitative estimate of drug-likeness (QED) is 0.622. The number of para-hydroxylation sites is 2. The molecular weight excluding hydrogens is 284 g/mol. The third-order valence-electron chi connectivity index (χ3n) is 3.97. The lowest BCUT2D eigenvalue weighted by Crippen LogP contribution is -2.07. The molecule has 112 valence electrons. The Morgan fingerprint density at radius 1 is 0.739 bits per heavy atom. The molecular formula is C19H16N4. The van der Waals surface area contributed by atoms with Crippen molar-refractivity contribution in [2.45, 2.75) is 6.42 Å². The minimum Gasteiger partial charge on any atom is -0.369 e. The topological polar surface area (TPSA) is 50.7 Å². The van der Waals surface area contributed by atoms with Gasteiger partial charge in [0.15, 0.2) is 0 Å². The first-order valence-electron chi connectivity index (χ1n) is 7.68. The Hall–Kier alpha value is -3.01. The largest absolute Gasteiger partial charge is 0.369 e. The van der Waals surface area contributed by atoms with Crippen LogP contribution in [0.3, 0.4) is 0 Å². The summed E-state index contributed by atoms with van der Waals surface area (Å²) in [6.45, 7) is 0.814. The van der Waals surface area contributed by atoms with Gasteiger partial charge in [0.05, 0.1) is 11.0 Å².